The summed E-state index contributed by atoms with van der Waals surface area (Å²) in [4.78, 5) is 24.6. The fourth-order valence-corrected chi connectivity index (χ4v) is 2.98. The largest absolute Gasteiger partial charge is 0.439 e. The Morgan fingerprint density at radius 1 is 0.917 bits per heavy atom. The van der Waals surface area contributed by atoms with Crippen LogP contribution in [-0.2, 0) is 0 Å². The standard InChI is InChI=1S/C19H15NO4/c1-10-14-9-15(13-7-5-4-6-8-13)23-18-12(3)19(22)24-17(20(14)18)11(2)16(10)21/h4-9H,1-3H3. The molecule has 1 aliphatic rings. The Balaban J connectivity index is 2.17. The normalized spacial score (nSPS) is 12.9. The number of rotatable bonds is 1. The van der Waals surface area contributed by atoms with Gasteiger partial charge in [0.2, 0.25) is 11.6 Å². The summed E-state index contributed by atoms with van der Waals surface area (Å²) in [5.74, 6) is 0.987. The molecule has 0 saturated carbocycles. The number of benzene rings is 1. The molecule has 0 aliphatic carbocycles. The molecular formula is C19H15NO4. The fourth-order valence-electron chi connectivity index (χ4n) is 2.98. The van der Waals surface area contributed by atoms with Gasteiger partial charge in [0.15, 0.2) is 5.43 Å². The first-order valence-corrected chi connectivity index (χ1v) is 7.63. The van der Waals surface area contributed by atoms with Crippen LogP contribution in [0.1, 0.15) is 27.9 Å². The lowest BCUT2D eigenvalue weighted by Crippen LogP contribution is -2.23. The van der Waals surface area contributed by atoms with Crippen LogP contribution in [0.4, 0.5) is 0 Å². The molecule has 0 radical (unpaired) electrons. The SMILES string of the molecule is Cc1c2n3c(c(C)c(=O)c(C)c3oc1=O)C=C(c1ccccc1)O2. The number of pyridine rings is 1. The van der Waals surface area contributed by atoms with E-state index >= 15 is 0 Å². The van der Waals surface area contributed by atoms with Crippen molar-refractivity contribution in [1.29, 1.82) is 0 Å². The molecule has 0 spiro atoms. The van der Waals surface area contributed by atoms with E-state index in [2.05, 4.69) is 0 Å². The highest BCUT2D eigenvalue weighted by atomic mass is 16.5. The maximum absolute atomic E-state index is 12.5. The van der Waals surface area contributed by atoms with Gasteiger partial charge in [-0.05, 0) is 20.8 Å². The monoisotopic (exact) mass is 321 g/mol. The molecule has 1 aliphatic heterocycles. The molecule has 3 heterocycles. The van der Waals surface area contributed by atoms with Gasteiger partial charge in [0.05, 0.1) is 16.8 Å². The van der Waals surface area contributed by atoms with Crippen molar-refractivity contribution in [1.82, 2.24) is 4.40 Å². The maximum atomic E-state index is 12.5. The topological polar surface area (TPSA) is 60.9 Å². The maximum Gasteiger partial charge on any atom is 0.345 e. The third kappa shape index (κ3) is 1.88. The van der Waals surface area contributed by atoms with Gasteiger partial charge in [0.25, 0.3) is 0 Å². The third-order valence-electron chi connectivity index (χ3n) is 4.38. The summed E-state index contributed by atoms with van der Waals surface area (Å²) in [5, 5.41) is 0. The van der Waals surface area contributed by atoms with E-state index in [1.807, 2.05) is 36.4 Å². The van der Waals surface area contributed by atoms with Crippen molar-refractivity contribution < 1.29 is 9.15 Å². The smallest absolute Gasteiger partial charge is 0.345 e. The molecule has 120 valence electrons. The molecule has 5 heteroatoms. The molecular weight excluding hydrogens is 306 g/mol. The van der Waals surface area contributed by atoms with Crippen LogP contribution in [0.3, 0.4) is 0 Å². The summed E-state index contributed by atoms with van der Waals surface area (Å²) >= 11 is 0. The van der Waals surface area contributed by atoms with Gasteiger partial charge in [-0.2, -0.15) is 0 Å². The Hall–Kier alpha value is -3.08. The second-order valence-corrected chi connectivity index (χ2v) is 5.90. The van der Waals surface area contributed by atoms with Crippen LogP contribution in [0, 0.1) is 20.8 Å². The highest BCUT2D eigenvalue weighted by Gasteiger charge is 2.25. The van der Waals surface area contributed by atoms with E-state index in [0.717, 1.165) is 5.56 Å². The lowest BCUT2D eigenvalue weighted by atomic mass is 10.1. The van der Waals surface area contributed by atoms with Gasteiger partial charge in [-0.3, -0.25) is 4.79 Å². The molecule has 3 aromatic rings. The van der Waals surface area contributed by atoms with Gasteiger partial charge >= 0.3 is 5.63 Å². The van der Waals surface area contributed by atoms with Gasteiger partial charge in [-0.15, -0.1) is 0 Å². The summed E-state index contributed by atoms with van der Waals surface area (Å²) < 4.78 is 13.1. The Morgan fingerprint density at radius 3 is 2.33 bits per heavy atom. The van der Waals surface area contributed by atoms with Gasteiger partial charge in [0, 0.05) is 17.2 Å². The molecule has 0 saturated heterocycles. The van der Waals surface area contributed by atoms with Crippen LogP contribution in [-0.4, -0.2) is 4.40 Å². The molecule has 0 fully saturated rings. The minimum Gasteiger partial charge on any atom is -0.439 e. The van der Waals surface area contributed by atoms with Gasteiger partial charge < -0.3 is 9.15 Å². The molecule has 4 rings (SSSR count). The summed E-state index contributed by atoms with van der Waals surface area (Å²) in [7, 11) is 0. The van der Waals surface area contributed by atoms with Gasteiger partial charge in [-0.25, -0.2) is 9.20 Å². The molecule has 0 unspecified atom stereocenters. The number of nitrogens with zero attached hydrogens (tertiary/aromatic N) is 1. The third-order valence-corrected chi connectivity index (χ3v) is 4.38. The zero-order valence-electron chi connectivity index (χ0n) is 13.5. The fraction of sp³-hybridized carbons (Fsp3) is 0.158. The number of aromatic nitrogens is 1. The molecule has 0 atom stereocenters. The van der Waals surface area contributed by atoms with Crippen LogP contribution in [0.5, 0.6) is 5.88 Å². The predicted molar refractivity (Wildman–Crippen MR) is 91.4 cm³/mol. The zero-order valence-corrected chi connectivity index (χ0v) is 13.5. The first kappa shape index (κ1) is 14.5. The Morgan fingerprint density at radius 2 is 1.62 bits per heavy atom. The molecule has 1 aromatic carbocycles. The second kappa shape index (κ2) is 4.96. The Labute approximate surface area is 137 Å². The van der Waals surface area contributed by atoms with Gasteiger partial charge in [0.1, 0.15) is 5.76 Å². The van der Waals surface area contributed by atoms with E-state index in [1.165, 1.54) is 0 Å². The van der Waals surface area contributed by atoms with Gasteiger partial charge in [-0.1, -0.05) is 30.3 Å². The van der Waals surface area contributed by atoms with Crippen molar-refractivity contribution in [2.24, 2.45) is 0 Å². The molecule has 5 nitrogen and oxygen atoms in total. The number of ether oxygens (including phenoxy) is 1. The van der Waals surface area contributed by atoms with E-state index in [9.17, 15) is 9.59 Å². The van der Waals surface area contributed by atoms with Crippen molar-refractivity contribution in [3.63, 3.8) is 0 Å². The average Bonchev–Trinajstić information content (AvgIpc) is 2.61. The van der Waals surface area contributed by atoms with E-state index < -0.39 is 5.63 Å². The number of hydrogen-bond acceptors (Lipinski definition) is 4. The first-order chi connectivity index (χ1) is 11.5. The highest BCUT2D eigenvalue weighted by Crippen LogP contribution is 2.32. The van der Waals surface area contributed by atoms with Crippen molar-refractivity contribution >= 4 is 17.5 Å². The first-order valence-electron chi connectivity index (χ1n) is 7.63. The Bertz CT molecular complexity index is 1130. The molecule has 0 bridgehead atoms. The van der Waals surface area contributed by atoms with E-state index in [4.69, 9.17) is 9.15 Å². The van der Waals surface area contributed by atoms with Crippen LogP contribution in [0.15, 0.2) is 44.3 Å². The summed E-state index contributed by atoms with van der Waals surface area (Å²) in [5.41, 5.74) is 2.50. The van der Waals surface area contributed by atoms with Crippen molar-refractivity contribution in [2.45, 2.75) is 20.8 Å². The lowest BCUT2D eigenvalue weighted by molar-refractivity contribution is 0.436. The zero-order chi connectivity index (χ0) is 17.0. The molecule has 2 aromatic heterocycles. The van der Waals surface area contributed by atoms with Crippen LogP contribution < -0.4 is 15.8 Å². The highest BCUT2D eigenvalue weighted by molar-refractivity contribution is 5.81. The second-order valence-electron chi connectivity index (χ2n) is 5.90. The van der Waals surface area contributed by atoms with Crippen LogP contribution >= 0.6 is 0 Å². The average molecular weight is 321 g/mol. The summed E-state index contributed by atoms with van der Waals surface area (Å²) in [6, 6.07) is 9.57. The van der Waals surface area contributed by atoms with E-state index in [-0.39, 0.29) is 11.1 Å². The van der Waals surface area contributed by atoms with Crippen molar-refractivity contribution in [3.8, 4) is 5.88 Å². The van der Waals surface area contributed by atoms with Crippen molar-refractivity contribution in [3.05, 3.63) is 78.9 Å². The minimum atomic E-state index is -0.503. The number of hydrogen-bond donors (Lipinski definition) is 0. The predicted octanol–water partition coefficient (Wildman–Crippen LogP) is 3.07. The summed E-state index contributed by atoms with van der Waals surface area (Å²) in [6.45, 7) is 5.08. The van der Waals surface area contributed by atoms with Crippen LogP contribution in [0.2, 0.25) is 0 Å². The molecule has 0 amide bonds. The minimum absolute atomic E-state index is 0.131. The molecule has 24 heavy (non-hydrogen) atoms. The van der Waals surface area contributed by atoms with Crippen LogP contribution in [0.25, 0.3) is 17.5 Å². The summed E-state index contributed by atoms with van der Waals surface area (Å²) in [6.07, 6.45) is 1.81. The van der Waals surface area contributed by atoms with E-state index in [0.29, 0.717) is 34.0 Å². The molecule has 0 N–H and O–H groups in total. The Kier molecular flexibility index (Phi) is 3.00. The quantitative estimate of drug-likeness (QED) is 0.691. The van der Waals surface area contributed by atoms with Crippen molar-refractivity contribution in [2.75, 3.05) is 0 Å². The lowest BCUT2D eigenvalue weighted by Gasteiger charge is -2.22. The number of aryl methyl sites for hydroxylation is 1. The van der Waals surface area contributed by atoms with E-state index in [1.54, 1.807) is 25.2 Å².